The molecular weight excluding hydrogens is 428 g/mol. The van der Waals surface area contributed by atoms with Crippen LogP contribution in [0.3, 0.4) is 0 Å². The lowest BCUT2D eigenvalue weighted by Gasteiger charge is -2.21. The average Bonchev–Trinajstić information content (AvgIpc) is 3.31. The van der Waals surface area contributed by atoms with Gasteiger partial charge in [0.2, 0.25) is 0 Å². The minimum Gasteiger partial charge on any atom is -0.464 e. The van der Waals surface area contributed by atoms with Crippen molar-refractivity contribution in [2.45, 2.75) is 51.5 Å². The Bertz CT molecular complexity index is 1250. The molecular formula is C24H27ClN4O3. The summed E-state index contributed by atoms with van der Waals surface area (Å²) in [6.45, 7) is 3.93. The number of pyridine rings is 1. The van der Waals surface area contributed by atoms with E-state index in [1.807, 2.05) is 33.0 Å². The molecule has 0 saturated heterocycles. The third-order valence-corrected chi connectivity index (χ3v) is 6.40. The van der Waals surface area contributed by atoms with Gasteiger partial charge < -0.3 is 10.1 Å². The van der Waals surface area contributed by atoms with E-state index in [0.717, 1.165) is 42.6 Å². The summed E-state index contributed by atoms with van der Waals surface area (Å²) in [7, 11) is 3.12. The molecule has 1 fully saturated rings. The zero-order chi connectivity index (χ0) is 23.0. The molecule has 3 aromatic rings. The fourth-order valence-electron chi connectivity index (χ4n) is 4.56. The summed E-state index contributed by atoms with van der Waals surface area (Å²) in [5.74, 6) is 0.577. The van der Waals surface area contributed by atoms with Gasteiger partial charge in [-0.1, -0.05) is 30.5 Å². The van der Waals surface area contributed by atoms with Crippen molar-refractivity contribution in [2.75, 3.05) is 12.4 Å². The van der Waals surface area contributed by atoms with Crippen molar-refractivity contribution in [3.8, 4) is 0 Å². The van der Waals surface area contributed by atoms with Crippen LogP contribution in [0.15, 0.2) is 29.1 Å². The first-order valence-electron chi connectivity index (χ1n) is 10.8. The molecule has 1 saturated carbocycles. The molecule has 0 aliphatic heterocycles. The van der Waals surface area contributed by atoms with Crippen LogP contribution in [0.2, 0.25) is 5.15 Å². The number of ether oxygens (including phenoxy) is 1. The van der Waals surface area contributed by atoms with Crippen LogP contribution in [0.5, 0.6) is 0 Å². The molecule has 1 aliphatic carbocycles. The summed E-state index contributed by atoms with van der Waals surface area (Å²) < 4.78 is 6.56. The highest BCUT2D eigenvalue weighted by molar-refractivity contribution is 6.29. The Kier molecular flexibility index (Phi) is 6.20. The number of hydrogen-bond donors (Lipinski definition) is 1. The molecule has 0 amide bonds. The minimum absolute atomic E-state index is 0.0301. The lowest BCUT2D eigenvalue weighted by atomic mass is 9.99. The first-order valence-corrected chi connectivity index (χ1v) is 11.2. The van der Waals surface area contributed by atoms with E-state index >= 15 is 0 Å². The maximum absolute atomic E-state index is 13.2. The molecule has 0 unspecified atom stereocenters. The summed E-state index contributed by atoms with van der Waals surface area (Å²) in [5, 5.41) is 4.14. The highest BCUT2D eigenvalue weighted by Crippen LogP contribution is 2.34. The molecule has 1 atom stereocenters. The molecule has 1 aromatic carbocycles. The molecule has 4 rings (SSSR count). The summed E-state index contributed by atoms with van der Waals surface area (Å²) >= 11 is 5.99. The Hall–Kier alpha value is -2.93. The first-order chi connectivity index (χ1) is 15.3. The zero-order valence-electron chi connectivity index (χ0n) is 18.7. The van der Waals surface area contributed by atoms with E-state index in [4.69, 9.17) is 21.3 Å². The standard InChI is InChI=1S/C24H27ClN4O3/c1-13-11-16(14(2)26-18-9-10-19(25)27-21(18)24(31)32-4)20-17(12-13)23(30)29(3)22(28-20)15-7-5-6-8-15/h9-12,14-15,26H,5-8H2,1-4H3/t14-/m1/s1. The predicted molar refractivity (Wildman–Crippen MR) is 126 cm³/mol. The quantitative estimate of drug-likeness (QED) is 0.435. The highest BCUT2D eigenvalue weighted by Gasteiger charge is 2.24. The lowest BCUT2D eigenvalue weighted by Crippen LogP contribution is -2.25. The number of rotatable bonds is 5. The maximum atomic E-state index is 13.2. The van der Waals surface area contributed by atoms with Crippen LogP contribution in [0, 0.1) is 6.92 Å². The summed E-state index contributed by atoms with van der Waals surface area (Å²) in [5.41, 5.74) is 3.14. The first kappa shape index (κ1) is 22.3. The molecule has 7 nitrogen and oxygen atoms in total. The summed E-state index contributed by atoms with van der Waals surface area (Å²) in [6.07, 6.45) is 4.44. The van der Waals surface area contributed by atoms with Gasteiger partial charge in [-0.15, -0.1) is 0 Å². The van der Waals surface area contributed by atoms with Crippen molar-refractivity contribution >= 4 is 34.2 Å². The van der Waals surface area contributed by atoms with E-state index in [-0.39, 0.29) is 22.4 Å². The Morgan fingerprint density at radius 1 is 1.25 bits per heavy atom. The van der Waals surface area contributed by atoms with Gasteiger partial charge in [-0.2, -0.15) is 0 Å². The number of halogens is 1. The number of aromatic nitrogens is 3. The zero-order valence-corrected chi connectivity index (χ0v) is 19.5. The lowest BCUT2D eigenvalue weighted by molar-refractivity contribution is 0.0595. The third kappa shape index (κ3) is 4.09. The van der Waals surface area contributed by atoms with Gasteiger partial charge in [-0.3, -0.25) is 9.36 Å². The topological polar surface area (TPSA) is 86.1 Å². The van der Waals surface area contributed by atoms with Gasteiger partial charge in [0.15, 0.2) is 5.69 Å². The number of hydrogen-bond acceptors (Lipinski definition) is 6. The Balaban J connectivity index is 1.82. The second kappa shape index (κ2) is 8.90. The number of anilines is 1. The van der Waals surface area contributed by atoms with Gasteiger partial charge in [0, 0.05) is 18.5 Å². The molecule has 8 heteroatoms. The van der Waals surface area contributed by atoms with Gasteiger partial charge in [-0.05, 0) is 50.5 Å². The number of benzene rings is 1. The second-order valence-electron chi connectivity index (χ2n) is 8.45. The van der Waals surface area contributed by atoms with E-state index in [0.29, 0.717) is 22.5 Å². The summed E-state index contributed by atoms with van der Waals surface area (Å²) in [6, 6.07) is 6.99. The minimum atomic E-state index is -0.577. The molecule has 0 bridgehead atoms. The molecule has 2 aromatic heterocycles. The largest absolute Gasteiger partial charge is 0.464 e. The van der Waals surface area contributed by atoms with Crippen LogP contribution in [-0.4, -0.2) is 27.6 Å². The van der Waals surface area contributed by atoms with Crippen molar-refractivity contribution in [2.24, 2.45) is 7.05 Å². The Labute approximate surface area is 191 Å². The highest BCUT2D eigenvalue weighted by atomic mass is 35.5. The fraction of sp³-hybridized carbons (Fsp3) is 0.417. The van der Waals surface area contributed by atoms with Crippen molar-refractivity contribution < 1.29 is 9.53 Å². The van der Waals surface area contributed by atoms with E-state index in [1.54, 1.807) is 16.7 Å². The number of nitrogens with zero attached hydrogens (tertiary/aromatic N) is 3. The second-order valence-corrected chi connectivity index (χ2v) is 8.84. The van der Waals surface area contributed by atoms with Crippen LogP contribution in [-0.2, 0) is 11.8 Å². The number of aryl methyl sites for hydroxylation is 1. The monoisotopic (exact) mass is 454 g/mol. The van der Waals surface area contributed by atoms with Crippen molar-refractivity contribution in [1.82, 2.24) is 14.5 Å². The van der Waals surface area contributed by atoms with Gasteiger partial charge in [-0.25, -0.2) is 14.8 Å². The normalized spacial score (nSPS) is 15.2. The van der Waals surface area contributed by atoms with Crippen LogP contribution in [0.4, 0.5) is 5.69 Å². The average molecular weight is 455 g/mol. The van der Waals surface area contributed by atoms with E-state index in [9.17, 15) is 9.59 Å². The van der Waals surface area contributed by atoms with Gasteiger partial charge in [0.1, 0.15) is 11.0 Å². The van der Waals surface area contributed by atoms with Crippen LogP contribution in [0.25, 0.3) is 10.9 Å². The van der Waals surface area contributed by atoms with Crippen molar-refractivity contribution in [3.63, 3.8) is 0 Å². The third-order valence-electron chi connectivity index (χ3n) is 6.19. The van der Waals surface area contributed by atoms with Crippen LogP contribution in [0.1, 0.15) is 72.0 Å². The van der Waals surface area contributed by atoms with E-state index in [2.05, 4.69) is 10.3 Å². The van der Waals surface area contributed by atoms with Gasteiger partial charge >= 0.3 is 5.97 Å². The molecule has 1 aliphatic rings. The predicted octanol–water partition coefficient (Wildman–Crippen LogP) is 4.91. The molecule has 168 valence electrons. The number of nitrogens with one attached hydrogen (secondary N) is 1. The Morgan fingerprint density at radius 3 is 2.66 bits per heavy atom. The number of fused-ring (bicyclic) bond motifs is 1. The smallest absolute Gasteiger partial charge is 0.358 e. The van der Waals surface area contributed by atoms with Crippen LogP contribution >= 0.6 is 11.6 Å². The molecule has 32 heavy (non-hydrogen) atoms. The molecule has 0 spiro atoms. The number of methoxy groups -OCH3 is 1. The van der Waals surface area contributed by atoms with Crippen LogP contribution < -0.4 is 10.9 Å². The van der Waals surface area contributed by atoms with E-state index < -0.39 is 5.97 Å². The van der Waals surface area contributed by atoms with Crippen molar-refractivity contribution in [3.05, 3.63) is 62.4 Å². The Morgan fingerprint density at radius 2 is 1.97 bits per heavy atom. The number of esters is 1. The SMILES string of the molecule is COC(=O)c1nc(Cl)ccc1N[C@H](C)c1cc(C)cc2c(=O)n(C)c(C3CCCC3)nc12. The molecule has 2 heterocycles. The molecule has 0 radical (unpaired) electrons. The maximum Gasteiger partial charge on any atom is 0.358 e. The summed E-state index contributed by atoms with van der Waals surface area (Å²) in [4.78, 5) is 34.6. The van der Waals surface area contributed by atoms with E-state index in [1.165, 1.54) is 7.11 Å². The fourth-order valence-corrected chi connectivity index (χ4v) is 4.71. The molecule has 1 N–H and O–H groups in total. The van der Waals surface area contributed by atoms with Crippen molar-refractivity contribution in [1.29, 1.82) is 0 Å². The van der Waals surface area contributed by atoms with Gasteiger partial charge in [0.25, 0.3) is 5.56 Å². The van der Waals surface area contributed by atoms with Gasteiger partial charge in [0.05, 0.1) is 29.7 Å². The number of carbonyl (C=O) groups is 1. The number of carbonyl (C=O) groups excluding carboxylic acids is 1.